The minimum atomic E-state index is -0.393. The van der Waals surface area contributed by atoms with E-state index in [0.717, 1.165) is 36.2 Å². The summed E-state index contributed by atoms with van der Waals surface area (Å²) in [4.78, 5) is 34.8. The van der Waals surface area contributed by atoms with Gasteiger partial charge in [-0.3, -0.25) is 19.9 Å². The molecule has 0 aliphatic carbocycles. The highest BCUT2D eigenvalue weighted by molar-refractivity contribution is 6.00. The molecule has 5 rings (SSSR count). The fourth-order valence-electron chi connectivity index (χ4n) is 5.50. The second-order valence-electron chi connectivity index (χ2n) is 9.68. The van der Waals surface area contributed by atoms with E-state index < -0.39 is 6.04 Å². The molecule has 33 heavy (non-hydrogen) atoms. The predicted octanol–water partition coefficient (Wildman–Crippen LogP) is 3.11. The number of carbonyl (C=O) groups excluding carboxylic acids is 2. The third-order valence-electron chi connectivity index (χ3n) is 7.59. The zero-order valence-electron chi connectivity index (χ0n) is 20.1. The quantitative estimate of drug-likeness (QED) is 0.784. The number of nitrogens with one attached hydrogen (secondary N) is 1. The van der Waals surface area contributed by atoms with Crippen LogP contribution in [0.1, 0.15) is 34.2 Å². The number of hydrogen-bond acceptors (Lipinski definition) is 5. The molecule has 3 saturated heterocycles. The van der Waals surface area contributed by atoms with Crippen LogP contribution in [0.4, 0.5) is 10.5 Å². The zero-order valence-corrected chi connectivity index (χ0v) is 20.1. The molecule has 1 N–H and O–H groups in total. The smallest absolute Gasteiger partial charge is 0.328 e. The van der Waals surface area contributed by atoms with Crippen LogP contribution in [0.3, 0.4) is 0 Å². The second-order valence-corrected chi connectivity index (χ2v) is 9.68. The van der Waals surface area contributed by atoms with Crippen LogP contribution in [0.2, 0.25) is 0 Å². The average molecular weight is 448 g/mol. The van der Waals surface area contributed by atoms with Gasteiger partial charge in [-0.25, -0.2) is 4.79 Å². The Bertz CT molecular complexity index is 1120. The zero-order chi connectivity index (χ0) is 23.4. The number of imide groups is 1. The van der Waals surface area contributed by atoms with Crippen molar-refractivity contribution in [3.8, 4) is 0 Å². The lowest BCUT2D eigenvalue weighted by molar-refractivity contribution is -0.139. The summed E-state index contributed by atoms with van der Waals surface area (Å²) in [5.41, 5.74) is 6.92. The van der Waals surface area contributed by atoms with Gasteiger partial charge in [-0.1, -0.05) is 35.9 Å². The number of benzene rings is 2. The largest absolute Gasteiger partial charge is 0.343 e. The number of nitrogens with zero attached hydrogens (tertiary/aromatic N) is 4. The predicted molar refractivity (Wildman–Crippen MR) is 129 cm³/mol. The summed E-state index contributed by atoms with van der Waals surface area (Å²) in [6, 6.07) is 11.9. The van der Waals surface area contributed by atoms with Crippen molar-refractivity contribution >= 4 is 17.6 Å². The lowest BCUT2D eigenvalue weighted by Gasteiger charge is -2.44. The summed E-state index contributed by atoms with van der Waals surface area (Å²) < 4.78 is 0. The van der Waals surface area contributed by atoms with E-state index in [1.165, 1.54) is 21.7 Å². The highest BCUT2D eigenvalue weighted by atomic mass is 16.2. The van der Waals surface area contributed by atoms with E-state index in [1.807, 2.05) is 13.8 Å². The monoisotopic (exact) mass is 447 g/mol. The minimum absolute atomic E-state index is 0.109. The van der Waals surface area contributed by atoms with Gasteiger partial charge in [0, 0.05) is 25.8 Å². The van der Waals surface area contributed by atoms with Gasteiger partial charge < -0.3 is 9.80 Å². The van der Waals surface area contributed by atoms with Crippen molar-refractivity contribution in [1.29, 1.82) is 0 Å². The van der Waals surface area contributed by atoms with Crippen LogP contribution in [0.15, 0.2) is 36.4 Å². The summed E-state index contributed by atoms with van der Waals surface area (Å²) in [5, 5.41) is 3.62. The van der Waals surface area contributed by atoms with Gasteiger partial charge in [0.25, 0.3) is 5.91 Å². The summed E-state index contributed by atoms with van der Waals surface area (Å²) >= 11 is 0. The van der Waals surface area contributed by atoms with Gasteiger partial charge in [-0.15, -0.1) is 0 Å². The summed E-state index contributed by atoms with van der Waals surface area (Å²) in [6.45, 7) is 10.4. The first-order valence-corrected chi connectivity index (χ1v) is 11.8. The molecule has 3 heterocycles. The van der Waals surface area contributed by atoms with Crippen LogP contribution in [0.5, 0.6) is 0 Å². The first kappa shape index (κ1) is 21.9. The number of carbonyl (C=O) groups is 2. The fraction of sp³-hybridized carbons (Fsp3) is 0.462. The van der Waals surface area contributed by atoms with E-state index in [9.17, 15) is 9.59 Å². The SMILES string of the molecule is Cc1ccc(C)c(CN2C(=O)C3C(NC4N(c5cccc(C)c5C)CCCN34)N(C)C2=O)c1. The molecule has 7 heteroatoms. The van der Waals surface area contributed by atoms with Crippen LogP contribution in [0, 0.1) is 27.7 Å². The van der Waals surface area contributed by atoms with Gasteiger partial charge in [0.05, 0.1) is 6.54 Å². The summed E-state index contributed by atoms with van der Waals surface area (Å²) in [6.07, 6.45) is 0.515. The fourth-order valence-corrected chi connectivity index (χ4v) is 5.50. The Labute approximate surface area is 195 Å². The number of fused-ring (bicyclic) bond motifs is 3. The molecule has 3 aliphatic heterocycles. The van der Waals surface area contributed by atoms with Crippen molar-refractivity contribution < 1.29 is 9.59 Å². The minimum Gasteiger partial charge on any atom is -0.343 e. The normalized spacial score (nSPS) is 25.5. The molecule has 2 aromatic carbocycles. The molecular weight excluding hydrogens is 414 g/mol. The molecule has 2 aromatic rings. The Morgan fingerprint density at radius 1 is 1.00 bits per heavy atom. The number of hydrogen-bond donors (Lipinski definition) is 1. The Balaban J connectivity index is 1.46. The van der Waals surface area contributed by atoms with Crippen molar-refractivity contribution in [3.63, 3.8) is 0 Å². The maximum Gasteiger partial charge on any atom is 0.328 e. The maximum absolute atomic E-state index is 13.8. The van der Waals surface area contributed by atoms with E-state index in [1.54, 1.807) is 11.9 Å². The molecule has 3 unspecified atom stereocenters. The van der Waals surface area contributed by atoms with Crippen molar-refractivity contribution in [2.75, 3.05) is 25.0 Å². The number of urea groups is 1. The molecule has 174 valence electrons. The Morgan fingerprint density at radius 2 is 1.79 bits per heavy atom. The van der Waals surface area contributed by atoms with E-state index in [2.05, 4.69) is 65.4 Å². The van der Waals surface area contributed by atoms with Crippen molar-refractivity contribution in [2.45, 2.75) is 59.2 Å². The van der Waals surface area contributed by atoms with E-state index in [0.29, 0.717) is 6.54 Å². The number of anilines is 1. The van der Waals surface area contributed by atoms with Crippen LogP contribution in [0.25, 0.3) is 0 Å². The Hall–Kier alpha value is -2.90. The number of rotatable bonds is 3. The van der Waals surface area contributed by atoms with Crippen molar-refractivity contribution in [1.82, 2.24) is 20.0 Å². The molecule has 0 radical (unpaired) electrons. The second kappa shape index (κ2) is 8.15. The van der Waals surface area contributed by atoms with Crippen molar-refractivity contribution in [2.24, 2.45) is 0 Å². The molecule has 3 atom stereocenters. The molecule has 7 nitrogen and oxygen atoms in total. The molecule has 0 saturated carbocycles. The van der Waals surface area contributed by atoms with Crippen LogP contribution in [-0.2, 0) is 11.3 Å². The Morgan fingerprint density at radius 3 is 2.58 bits per heavy atom. The first-order valence-electron chi connectivity index (χ1n) is 11.8. The molecule has 0 bridgehead atoms. The van der Waals surface area contributed by atoms with Gasteiger partial charge in [0.15, 0.2) is 0 Å². The molecule has 3 aliphatic rings. The summed E-state index contributed by atoms with van der Waals surface area (Å²) in [5.74, 6) is -0.109. The third kappa shape index (κ3) is 3.50. The van der Waals surface area contributed by atoms with E-state index in [4.69, 9.17) is 0 Å². The van der Waals surface area contributed by atoms with E-state index >= 15 is 0 Å². The number of likely N-dealkylation sites (N-methyl/N-ethyl adjacent to an activating group) is 1. The van der Waals surface area contributed by atoms with Gasteiger partial charge in [0.2, 0.25) is 0 Å². The molecular formula is C26H33N5O2. The van der Waals surface area contributed by atoms with Gasteiger partial charge >= 0.3 is 6.03 Å². The molecule has 3 fully saturated rings. The number of amides is 3. The van der Waals surface area contributed by atoms with Crippen LogP contribution < -0.4 is 10.2 Å². The topological polar surface area (TPSA) is 59.1 Å². The van der Waals surface area contributed by atoms with E-state index in [-0.39, 0.29) is 24.4 Å². The first-order chi connectivity index (χ1) is 15.8. The van der Waals surface area contributed by atoms with Crippen LogP contribution in [-0.4, -0.2) is 65.3 Å². The average Bonchev–Trinajstić information content (AvgIpc) is 3.19. The van der Waals surface area contributed by atoms with Crippen LogP contribution >= 0.6 is 0 Å². The molecule has 0 spiro atoms. The highest BCUT2D eigenvalue weighted by Gasteiger charge is 2.56. The maximum atomic E-state index is 13.8. The van der Waals surface area contributed by atoms with Gasteiger partial charge in [-0.05, 0) is 62.4 Å². The van der Waals surface area contributed by atoms with Gasteiger partial charge in [-0.2, -0.15) is 0 Å². The molecule has 3 amide bonds. The highest BCUT2D eigenvalue weighted by Crippen LogP contribution is 2.35. The number of aryl methyl sites for hydroxylation is 3. The summed E-state index contributed by atoms with van der Waals surface area (Å²) in [7, 11) is 1.80. The van der Waals surface area contributed by atoms with Crippen molar-refractivity contribution in [3.05, 3.63) is 64.2 Å². The third-order valence-corrected chi connectivity index (χ3v) is 7.59. The lowest BCUT2D eigenvalue weighted by Crippen LogP contribution is -2.66. The standard InChI is InChI=1S/C26H33N5O2/c1-16-10-11-18(3)20(14-16)15-31-24(32)22-23(28(5)26(31)33)27-25-29(12-7-13-30(22)25)21-9-6-8-17(2)19(21)4/h6,8-11,14,22-23,25,27H,7,12-13,15H2,1-5H3. The molecule has 0 aromatic heterocycles. The lowest BCUT2D eigenvalue weighted by atomic mass is 10.0. The van der Waals surface area contributed by atoms with Gasteiger partial charge in [0.1, 0.15) is 18.5 Å². The Kier molecular flexibility index (Phi) is 5.41.